The number of hydrogen-bond donors (Lipinski definition) is 2. The first-order valence-electron chi connectivity index (χ1n) is 5.74. The summed E-state index contributed by atoms with van der Waals surface area (Å²) in [7, 11) is 1.75. The lowest BCUT2D eigenvalue weighted by Crippen LogP contribution is -2.31. The highest BCUT2D eigenvalue weighted by atomic mass is 127. The molecule has 0 aromatic heterocycles. The van der Waals surface area contributed by atoms with Gasteiger partial charge in [-0.1, -0.05) is 0 Å². The quantitative estimate of drug-likeness (QED) is 0.599. The van der Waals surface area contributed by atoms with E-state index in [0.29, 0.717) is 5.82 Å². The Morgan fingerprint density at radius 2 is 2.33 bits per heavy atom. The van der Waals surface area contributed by atoms with Crippen LogP contribution in [-0.4, -0.2) is 29.8 Å². The number of hydrogen-bond acceptors (Lipinski definition) is 4. The minimum Gasteiger partial charge on any atom is -0.356 e. The lowest BCUT2D eigenvalue weighted by Gasteiger charge is -2.22. The fourth-order valence-electron chi connectivity index (χ4n) is 1.70. The Labute approximate surface area is 120 Å². The molecule has 1 fully saturated rings. The molecular weight excluding hydrogens is 343 g/mol. The average molecular weight is 358 g/mol. The van der Waals surface area contributed by atoms with Crippen LogP contribution in [0.2, 0.25) is 0 Å². The zero-order chi connectivity index (χ0) is 13.3. The Balaban J connectivity index is 2.16. The van der Waals surface area contributed by atoms with Crippen molar-refractivity contribution in [2.24, 2.45) is 10.9 Å². The summed E-state index contributed by atoms with van der Waals surface area (Å²) < 4.78 is 0.792. The monoisotopic (exact) mass is 358 g/mol. The summed E-state index contributed by atoms with van der Waals surface area (Å²) >= 11 is 2.08. The Kier molecular flexibility index (Phi) is 3.84. The SMILES string of the molecule is CC1=NC(N(C)C(=O)C2CC2)=CN/C1=C(/I)C=N. The molecule has 0 aromatic carbocycles. The molecule has 18 heavy (non-hydrogen) atoms. The average Bonchev–Trinajstić information content (AvgIpc) is 3.20. The molecule has 5 nitrogen and oxygen atoms in total. The minimum atomic E-state index is 0.133. The van der Waals surface area contributed by atoms with Crippen molar-refractivity contribution in [2.75, 3.05) is 7.05 Å². The minimum absolute atomic E-state index is 0.133. The van der Waals surface area contributed by atoms with Gasteiger partial charge >= 0.3 is 0 Å². The van der Waals surface area contributed by atoms with Crippen LogP contribution in [0.3, 0.4) is 0 Å². The Morgan fingerprint density at radius 3 is 2.83 bits per heavy atom. The number of allylic oxidation sites excluding steroid dienone is 2. The number of rotatable bonds is 3. The van der Waals surface area contributed by atoms with Gasteiger partial charge in [-0.15, -0.1) is 0 Å². The van der Waals surface area contributed by atoms with Crippen LogP contribution in [0.1, 0.15) is 19.8 Å². The van der Waals surface area contributed by atoms with E-state index < -0.39 is 0 Å². The molecule has 0 saturated heterocycles. The van der Waals surface area contributed by atoms with E-state index >= 15 is 0 Å². The molecule has 0 spiro atoms. The maximum absolute atomic E-state index is 11.9. The molecule has 0 aromatic rings. The fraction of sp³-hybridized carbons (Fsp3) is 0.417. The largest absolute Gasteiger partial charge is 0.356 e. The lowest BCUT2D eigenvalue weighted by atomic mass is 10.2. The van der Waals surface area contributed by atoms with E-state index in [1.165, 1.54) is 6.21 Å². The van der Waals surface area contributed by atoms with E-state index in [0.717, 1.165) is 27.8 Å². The highest BCUT2D eigenvalue weighted by Crippen LogP contribution is 2.32. The van der Waals surface area contributed by atoms with Crippen LogP contribution in [0.5, 0.6) is 0 Å². The number of carbonyl (C=O) groups is 1. The van der Waals surface area contributed by atoms with E-state index in [9.17, 15) is 4.79 Å². The molecule has 96 valence electrons. The molecule has 1 heterocycles. The van der Waals surface area contributed by atoms with Gasteiger partial charge in [0.15, 0.2) is 5.82 Å². The summed E-state index contributed by atoms with van der Waals surface area (Å²) in [6, 6.07) is 0. The molecule has 1 saturated carbocycles. The summed E-state index contributed by atoms with van der Waals surface area (Å²) in [5.74, 6) is 0.946. The maximum Gasteiger partial charge on any atom is 0.231 e. The first kappa shape index (κ1) is 13.3. The second kappa shape index (κ2) is 5.21. The molecule has 0 radical (unpaired) electrons. The van der Waals surface area contributed by atoms with Crippen molar-refractivity contribution in [2.45, 2.75) is 19.8 Å². The van der Waals surface area contributed by atoms with E-state index in [4.69, 9.17) is 5.41 Å². The zero-order valence-corrected chi connectivity index (χ0v) is 12.5. The number of aliphatic imine (C=N–C) groups is 1. The van der Waals surface area contributed by atoms with E-state index in [1.54, 1.807) is 18.1 Å². The molecule has 2 aliphatic rings. The molecule has 2 N–H and O–H groups in total. The Bertz CT molecular complexity index is 488. The molecular formula is C12H15IN4O. The van der Waals surface area contributed by atoms with Gasteiger partial charge in [0.2, 0.25) is 5.91 Å². The van der Waals surface area contributed by atoms with Crippen LogP contribution in [0.4, 0.5) is 0 Å². The van der Waals surface area contributed by atoms with Gasteiger partial charge in [-0.25, -0.2) is 4.99 Å². The third-order valence-electron chi connectivity index (χ3n) is 2.96. The third kappa shape index (κ3) is 2.63. The molecule has 0 bridgehead atoms. The first-order valence-corrected chi connectivity index (χ1v) is 6.82. The summed E-state index contributed by atoms with van der Waals surface area (Å²) in [4.78, 5) is 17.9. The number of carbonyl (C=O) groups excluding carboxylic acids is 1. The smallest absolute Gasteiger partial charge is 0.231 e. The van der Waals surface area contributed by atoms with Crippen LogP contribution in [0, 0.1) is 11.3 Å². The lowest BCUT2D eigenvalue weighted by molar-refractivity contribution is -0.129. The van der Waals surface area contributed by atoms with Crippen LogP contribution >= 0.6 is 22.6 Å². The maximum atomic E-state index is 11.9. The van der Waals surface area contributed by atoms with E-state index in [-0.39, 0.29) is 11.8 Å². The second-order valence-corrected chi connectivity index (χ2v) is 5.55. The highest BCUT2D eigenvalue weighted by molar-refractivity contribution is 14.1. The molecule has 1 aliphatic heterocycles. The van der Waals surface area contributed by atoms with Crippen LogP contribution < -0.4 is 5.32 Å². The standard InChI is InChI=1S/C12H15IN4O/c1-7-11(9(13)5-14)15-6-10(16-7)17(2)12(18)8-3-4-8/h5-6,8,14-15H,3-4H2,1-2H3/b11-9+,14-5?. The summed E-state index contributed by atoms with van der Waals surface area (Å²) in [5.41, 5.74) is 1.61. The fourth-order valence-corrected chi connectivity index (χ4v) is 2.25. The van der Waals surface area contributed by atoms with E-state index in [2.05, 4.69) is 32.9 Å². The van der Waals surface area contributed by atoms with Gasteiger partial charge < -0.3 is 10.7 Å². The zero-order valence-electron chi connectivity index (χ0n) is 10.3. The van der Waals surface area contributed by atoms with Gasteiger partial charge in [0.1, 0.15) is 0 Å². The highest BCUT2D eigenvalue weighted by Gasteiger charge is 2.33. The Morgan fingerprint density at radius 1 is 1.67 bits per heavy atom. The van der Waals surface area contributed by atoms with Crippen LogP contribution in [0.25, 0.3) is 0 Å². The molecule has 1 aliphatic carbocycles. The van der Waals surface area contributed by atoms with Gasteiger partial charge in [-0.2, -0.15) is 0 Å². The van der Waals surface area contributed by atoms with E-state index in [1.807, 2.05) is 6.92 Å². The number of amides is 1. The third-order valence-corrected chi connectivity index (χ3v) is 3.81. The number of halogens is 1. The van der Waals surface area contributed by atoms with Crippen molar-refractivity contribution in [3.63, 3.8) is 0 Å². The normalized spacial score (nSPS) is 21.5. The predicted molar refractivity (Wildman–Crippen MR) is 79.7 cm³/mol. The summed E-state index contributed by atoms with van der Waals surface area (Å²) in [6.07, 6.45) is 4.97. The molecule has 6 heteroatoms. The van der Waals surface area contributed by atoms with Gasteiger partial charge in [0.05, 0.1) is 15.0 Å². The van der Waals surface area contributed by atoms with Crippen molar-refractivity contribution >= 4 is 40.4 Å². The number of nitrogens with zero attached hydrogens (tertiary/aromatic N) is 2. The molecule has 2 rings (SSSR count). The van der Waals surface area contributed by atoms with Crippen molar-refractivity contribution < 1.29 is 4.79 Å². The van der Waals surface area contributed by atoms with Crippen LogP contribution in [-0.2, 0) is 4.79 Å². The molecule has 0 unspecified atom stereocenters. The summed E-state index contributed by atoms with van der Waals surface area (Å²) in [6.45, 7) is 1.87. The van der Waals surface area contributed by atoms with Gasteiger partial charge in [0, 0.05) is 25.4 Å². The summed E-state index contributed by atoms with van der Waals surface area (Å²) in [5, 5.41) is 10.3. The topological polar surface area (TPSA) is 68.6 Å². The van der Waals surface area contributed by atoms with Crippen molar-refractivity contribution in [1.82, 2.24) is 10.2 Å². The predicted octanol–water partition coefficient (Wildman–Crippen LogP) is 2.01. The molecule has 1 amide bonds. The van der Waals surface area contributed by atoms with Crippen LogP contribution in [0.15, 0.2) is 26.3 Å². The van der Waals surface area contributed by atoms with Crippen molar-refractivity contribution in [1.29, 1.82) is 5.41 Å². The Hall–Kier alpha value is -1.18. The van der Waals surface area contributed by atoms with Gasteiger partial charge in [0.25, 0.3) is 0 Å². The first-order chi connectivity index (χ1) is 8.54. The van der Waals surface area contributed by atoms with Gasteiger partial charge in [-0.3, -0.25) is 9.69 Å². The van der Waals surface area contributed by atoms with Crippen molar-refractivity contribution in [3.8, 4) is 0 Å². The second-order valence-electron chi connectivity index (χ2n) is 4.38. The number of nitrogens with one attached hydrogen (secondary N) is 2. The molecule has 0 atom stereocenters. The van der Waals surface area contributed by atoms with Crippen molar-refractivity contribution in [3.05, 3.63) is 21.3 Å². The van der Waals surface area contributed by atoms with Gasteiger partial charge in [-0.05, 0) is 42.4 Å².